The number of rotatable bonds is 2. The van der Waals surface area contributed by atoms with Crippen LogP contribution in [0.2, 0.25) is 0 Å². The average molecular weight is 364 g/mol. The smallest absolute Gasteiger partial charge is 0.280 e. The fourth-order valence-electron chi connectivity index (χ4n) is 0.847. The van der Waals surface area contributed by atoms with E-state index in [1.165, 1.54) is 0 Å². The molecule has 0 aromatic carbocycles. The molecule has 0 spiro atoms. The predicted molar refractivity (Wildman–Crippen MR) is 56.2 cm³/mol. The second-order valence-electron chi connectivity index (χ2n) is 2.26. The number of hydrogen-bond acceptors (Lipinski definition) is 2. The quantitative estimate of drug-likeness (QED) is 0.646. The van der Waals surface area contributed by atoms with Crippen molar-refractivity contribution < 1.29 is 13.9 Å². The van der Waals surface area contributed by atoms with Gasteiger partial charge in [0.05, 0.1) is 9.77 Å². The maximum Gasteiger partial charge on any atom is 0.280 e. The molecule has 2 nitrogen and oxygen atoms in total. The van der Waals surface area contributed by atoms with E-state index < -0.39 is 6.43 Å². The summed E-state index contributed by atoms with van der Waals surface area (Å²) in [5.41, 5.74) is 0.0645. The van der Waals surface area contributed by atoms with Crippen molar-refractivity contribution in [3.63, 3.8) is 0 Å². The zero-order valence-corrected chi connectivity index (χ0v) is 10.0. The van der Waals surface area contributed by atoms with Gasteiger partial charge in [0.1, 0.15) is 11.4 Å². The maximum atomic E-state index is 12.4. The van der Waals surface area contributed by atoms with Crippen molar-refractivity contribution in [2.75, 3.05) is 0 Å². The van der Waals surface area contributed by atoms with Crippen LogP contribution in [0.1, 0.15) is 17.7 Å². The molecule has 1 rings (SSSR count). The van der Waals surface area contributed by atoms with E-state index >= 15 is 0 Å². The molecule has 0 radical (unpaired) electrons. The molecule has 72 valence electrons. The normalized spacial score (nSPS) is 10.8. The molecule has 0 saturated carbocycles. The van der Waals surface area contributed by atoms with Crippen LogP contribution in [0.5, 0.6) is 5.75 Å². The third-order valence-electron chi connectivity index (χ3n) is 1.47. The van der Waals surface area contributed by atoms with Crippen LogP contribution in [0.4, 0.5) is 8.78 Å². The Morgan fingerprint density at radius 1 is 1.62 bits per heavy atom. The summed E-state index contributed by atoms with van der Waals surface area (Å²) >= 11 is 4.88. The largest absolute Gasteiger partial charge is 0.505 e. The van der Waals surface area contributed by atoms with Crippen molar-refractivity contribution in [2.24, 2.45) is 0 Å². The van der Waals surface area contributed by atoms with Gasteiger partial charge in [-0.2, -0.15) is 0 Å². The summed E-state index contributed by atoms with van der Waals surface area (Å²) in [6.07, 6.45) is -1.57. The van der Waals surface area contributed by atoms with Crippen molar-refractivity contribution in [1.82, 2.24) is 4.98 Å². The van der Waals surface area contributed by atoms with Crippen LogP contribution >= 0.6 is 38.5 Å². The minimum atomic E-state index is -2.61. The molecule has 13 heavy (non-hydrogen) atoms. The first-order valence-electron chi connectivity index (χ1n) is 3.28. The van der Waals surface area contributed by atoms with E-state index in [9.17, 15) is 13.9 Å². The zero-order chi connectivity index (χ0) is 10.0. The highest BCUT2D eigenvalue weighted by Gasteiger charge is 2.18. The monoisotopic (exact) mass is 363 g/mol. The fraction of sp³-hybridized carbons (Fsp3) is 0.286. The van der Waals surface area contributed by atoms with Crippen LogP contribution in [0.25, 0.3) is 0 Å². The molecule has 6 heteroatoms. The summed E-state index contributed by atoms with van der Waals surface area (Å²) in [5, 5.41) is 9.46. The standard InChI is InChI=1S/C7H5BrF2INO/c8-1-3-5(11)4(13)2-12-6(3)7(9)10/h2,7,13H,1H2. The van der Waals surface area contributed by atoms with Crippen molar-refractivity contribution >= 4 is 38.5 Å². The van der Waals surface area contributed by atoms with Gasteiger partial charge in [-0.1, -0.05) is 15.9 Å². The Balaban J connectivity index is 3.30. The van der Waals surface area contributed by atoms with Gasteiger partial charge in [0.15, 0.2) is 0 Å². The highest BCUT2D eigenvalue weighted by molar-refractivity contribution is 14.1. The molecule has 1 aromatic heterocycles. The van der Waals surface area contributed by atoms with Crippen LogP contribution in [0, 0.1) is 3.57 Å². The summed E-state index contributed by atoms with van der Waals surface area (Å²) in [5.74, 6) is -0.0700. The first kappa shape index (κ1) is 11.1. The second kappa shape index (κ2) is 4.50. The number of halogens is 4. The minimum absolute atomic E-state index is 0.0700. The summed E-state index contributed by atoms with van der Waals surface area (Å²) in [7, 11) is 0. The van der Waals surface area contributed by atoms with E-state index in [1.54, 1.807) is 0 Å². The second-order valence-corrected chi connectivity index (χ2v) is 3.90. The first-order valence-corrected chi connectivity index (χ1v) is 5.48. The van der Waals surface area contributed by atoms with Crippen LogP contribution in [-0.2, 0) is 5.33 Å². The summed E-state index contributed by atoms with van der Waals surface area (Å²) in [6, 6.07) is 0. The van der Waals surface area contributed by atoms with Gasteiger partial charge < -0.3 is 5.11 Å². The molecule has 0 aliphatic heterocycles. The SMILES string of the molecule is Oc1cnc(C(F)F)c(CBr)c1I. The van der Waals surface area contributed by atoms with Crippen molar-refractivity contribution in [2.45, 2.75) is 11.8 Å². The molecule has 1 aromatic rings. The first-order chi connectivity index (χ1) is 6.07. The molecule has 1 heterocycles. The van der Waals surface area contributed by atoms with E-state index in [0.717, 1.165) is 6.20 Å². The number of hydrogen-bond donors (Lipinski definition) is 1. The molecule has 0 aliphatic carbocycles. The molecule has 0 amide bonds. The lowest BCUT2D eigenvalue weighted by molar-refractivity contribution is 0.145. The number of pyridine rings is 1. The van der Waals surface area contributed by atoms with Crippen LogP contribution in [-0.4, -0.2) is 10.1 Å². The summed E-state index contributed by atoms with van der Waals surface area (Å²) < 4.78 is 25.1. The third-order valence-corrected chi connectivity index (χ3v) is 3.23. The molecule has 0 bridgehead atoms. The molecule has 0 atom stereocenters. The van der Waals surface area contributed by atoms with Crippen molar-refractivity contribution in [3.8, 4) is 5.75 Å². The predicted octanol–water partition coefficient (Wildman–Crippen LogP) is 3.22. The Morgan fingerprint density at radius 3 is 2.69 bits per heavy atom. The lowest BCUT2D eigenvalue weighted by atomic mass is 10.2. The molecular formula is C7H5BrF2INO. The zero-order valence-electron chi connectivity index (χ0n) is 6.27. The number of aromatic hydroxyl groups is 1. The fourth-order valence-corrected chi connectivity index (χ4v) is 2.55. The topological polar surface area (TPSA) is 33.1 Å². The van der Waals surface area contributed by atoms with E-state index in [4.69, 9.17) is 0 Å². The molecule has 0 aliphatic rings. The molecular weight excluding hydrogens is 359 g/mol. The Kier molecular flexibility index (Phi) is 3.84. The Hall–Kier alpha value is 0.0200. The lowest BCUT2D eigenvalue weighted by Crippen LogP contribution is -1.99. The Bertz CT molecular complexity index is 322. The van der Waals surface area contributed by atoms with Crippen molar-refractivity contribution in [3.05, 3.63) is 21.0 Å². The molecule has 0 fully saturated rings. The average Bonchev–Trinajstić information content (AvgIpc) is 2.09. The van der Waals surface area contributed by atoms with Gasteiger partial charge in [-0.05, 0) is 22.6 Å². The summed E-state index contributed by atoms with van der Waals surface area (Å²) in [4.78, 5) is 3.47. The van der Waals surface area contributed by atoms with Crippen molar-refractivity contribution in [1.29, 1.82) is 0 Å². The maximum absolute atomic E-state index is 12.4. The summed E-state index contributed by atoms with van der Waals surface area (Å²) in [6.45, 7) is 0. The van der Waals surface area contributed by atoms with E-state index in [0.29, 0.717) is 9.13 Å². The van der Waals surface area contributed by atoms with Crippen LogP contribution in [0.3, 0.4) is 0 Å². The van der Waals surface area contributed by atoms with Crippen LogP contribution < -0.4 is 0 Å². The third kappa shape index (κ3) is 2.28. The van der Waals surface area contributed by atoms with Gasteiger partial charge in [0.2, 0.25) is 0 Å². The Labute approximate surface area is 95.6 Å². The minimum Gasteiger partial charge on any atom is -0.505 e. The van der Waals surface area contributed by atoms with E-state index in [-0.39, 0.29) is 16.8 Å². The number of alkyl halides is 3. The van der Waals surface area contributed by atoms with Crippen LogP contribution in [0.15, 0.2) is 6.20 Å². The number of nitrogens with zero attached hydrogens (tertiary/aromatic N) is 1. The van der Waals surface area contributed by atoms with Gasteiger partial charge in [0.25, 0.3) is 6.43 Å². The van der Waals surface area contributed by atoms with Gasteiger partial charge in [-0.15, -0.1) is 0 Å². The molecule has 0 unspecified atom stereocenters. The van der Waals surface area contributed by atoms with Gasteiger partial charge >= 0.3 is 0 Å². The highest BCUT2D eigenvalue weighted by atomic mass is 127. The van der Waals surface area contributed by atoms with Gasteiger partial charge in [-0.3, -0.25) is 4.98 Å². The van der Waals surface area contributed by atoms with Gasteiger partial charge in [0, 0.05) is 10.9 Å². The highest BCUT2D eigenvalue weighted by Crippen LogP contribution is 2.30. The Morgan fingerprint density at radius 2 is 2.23 bits per heavy atom. The number of aromatic nitrogens is 1. The lowest BCUT2D eigenvalue weighted by Gasteiger charge is -2.08. The molecule has 1 N–H and O–H groups in total. The van der Waals surface area contributed by atoms with E-state index in [1.807, 2.05) is 22.6 Å². The van der Waals surface area contributed by atoms with E-state index in [2.05, 4.69) is 20.9 Å². The molecule has 0 saturated heterocycles. The van der Waals surface area contributed by atoms with Gasteiger partial charge in [-0.25, -0.2) is 8.78 Å².